The summed E-state index contributed by atoms with van der Waals surface area (Å²) in [7, 11) is -0.479. The molecule has 0 unspecified atom stereocenters. The van der Waals surface area contributed by atoms with Crippen LogP contribution >= 0.6 is 0 Å². The van der Waals surface area contributed by atoms with E-state index in [9.17, 15) is 5.11 Å². The molecule has 1 aromatic rings. The molecule has 1 aliphatic heterocycles. The van der Waals surface area contributed by atoms with E-state index < -0.39 is 7.12 Å². The van der Waals surface area contributed by atoms with Gasteiger partial charge in [-0.25, -0.2) is 0 Å². The second-order valence-corrected chi connectivity index (χ2v) is 5.74. The van der Waals surface area contributed by atoms with E-state index in [-0.39, 0.29) is 17.0 Å². The molecule has 19 heavy (non-hydrogen) atoms. The van der Waals surface area contributed by atoms with Crippen LogP contribution in [0.15, 0.2) is 18.2 Å². The van der Waals surface area contributed by atoms with Gasteiger partial charge in [0.25, 0.3) is 0 Å². The standard InChI is InChI=1S/C14H21BO4/c1-6-17-12-9-10(16)7-8-11(12)15-18-13(2,3)14(4,5)19-15/h7-9,16H,6H2,1-5H3. The fourth-order valence-electron chi connectivity index (χ4n) is 1.97. The van der Waals surface area contributed by atoms with Gasteiger partial charge in [0.15, 0.2) is 0 Å². The molecule has 1 fully saturated rings. The van der Waals surface area contributed by atoms with E-state index in [1.807, 2.05) is 34.6 Å². The lowest BCUT2D eigenvalue weighted by Gasteiger charge is -2.32. The Kier molecular flexibility index (Phi) is 3.54. The second-order valence-electron chi connectivity index (χ2n) is 5.74. The highest BCUT2D eigenvalue weighted by Gasteiger charge is 2.52. The Morgan fingerprint density at radius 3 is 2.26 bits per heavy atom. The Hall–Kier alpha value is -1.20. The van der Waals surface area contributed by atoms with Crippen molar-refractivity contribution in [1.82, 2.24) is 0 Å². The van der Waals surface area contributed by atoms with Crippen LogP contribution < -0.4 is 10.2 Å². The summed E-state index contributed by atoms with van der Waals surface area (Å²) < 4.78 is 17.5. The molecule has 1 aromatic carbocycles. The van der Waals surface area contributed by atoms with Crippen molar-refractivity contribution in [3.63, 3.8) is 0 Å². The lowest BCUT2D eigenvalue weighted by molar-refractivity contribution is 0.00578. The van der Waals surface area contributed by atoms with E-state index in [2.05, 4.69) is 0 Å². The first-order valence-corrected chi connectivity index (χ1v) is 6.58. The zero-order valence-electron chi connectivity index (χ0n) is 12.2. The summed E-state index contributed by atoms with van der Waals surface area (Å²) in [6, 6.07) is 4.98. The van der Waals surface area contributed by atoms with Gasteiger partial charge in [0.2, 0.25) is 0 Å². The smallest absolute Gasteiger partial charge is 0.498 e. The highest BCUT2D eigenvalue weighted by molar-refractivity contribution is 6.63. The first kappa shape index (κ1) is 14.2. The first-order valence-electron chi connectivity index (χ1n) is 6.58. The van der Waals surface area contributed by atoms with Crippen LogP contribution in [0.3, 0.4) is 0 Å². The highest BCUT2D eigenvalue weighted by atomic mass is 16.7. The van der Waals surface area contributed by atoms with Gasteiger partial charge in [-0.15, -0.1) is 0 Å². The molecule has 1 saturated heterocycles. The number of phenolic OH excluding ortho intramolecular Hbond substituents is 1. The third-order valence-electron chi connectivity index (χ3n) is 3.80. The van der Waals surface area contributed by atoms with Crippen molar-refractivity contribution < 1.29 is 19.2 Å². The van der Waals surface area contributed by atoms with Gasteiger partial charge in [-0.1, -0.05) is 6.07 Å². The summed E-state index contributed by atoms with van der Waals surface area (Å²) in [4.78, 5) is 0. The summed E-state index contributed by atoms with van der Waals surface area (Å²) in [5, 5.41) is 9.55. The molecular formula is C14H21BO4. The quantitative estimate of drug-likeness (QED) is 0.849. The fourth-order valence-corrected chi connectivity index (χ4v) is 1.97. The number of hydrogen-bond acceptors (Lipinski definition) is 4. The van der Waals surface area contributed by atoms with Crippen LogP contribution in [-0.4, -0.2) is 30.0 Å². The minimum Gasteiger partial charge on any atom is -0.508 e. The zero-order valence-corrected chi connectivity index (χ0v) is 12.2. The Labute approximate surface area is 114 Å². The van der Waals surface area contributed by atoms with E-state index in [4.69, 9.17) is 14.0 Å². The van der Waals surface area contributed by atoms with Gasteiger partial charge in [0, 0.05) is 11.5 Å². The van der Waals surface area contributed by atoms with E-state index in [1.54, 1.807) is 18.2 Å². The second kappa shape index (κ2) is 4.73. The summed E-state index contributed by atoms with van der Waals surface area (Å²) in [6.45, 7) is 10.5. The Morgan fingerprint density at radius 2 is 1.74 bits per heavy atom. The monoisotopic (exact) mass is 264 g/mol. The molecule has 1 N–H and O–H groups in total. The molecule has 0 atom stereocenters. The SMILES string of the molecule is CCOc1cc(O)ccc1B1OC(C)(C)C(C)(C)O1. The van der Waals surface area contributed by atoms with Crippen LogP contribution in [0.4, 0.5) is 0 Å². The molecule has 4 nitrogen and oxygen atoms in total. The topological polar surface area (TPSA) is 47.9 Å². The maximum atomic E-state index is 9.55. The molecule has 1 heterocycles. The van der Waals surface area contributed by atoms with E-state index >= 15 is 0 Å². The van der Waals surface area contributed by atoms with Gasteiger partial charge in [0.05, 0.1) is 17.8 Å². The maximum Gasteiger partial charge on any atom is 0.498 e. The third-order valence-corrected chi connectivity index (χ3v) is 3.80. The zero-order chi connectivity index (χ0) is 14.3. The van der Waals surface area contributed by atoms with Crippen molar-refractivity contribution in [3.8, 4) is 11.5 Å². The Bertz CT molecular complexity index is 455. The van der Waals surface area contributed by atoms with E-state index in [0.29, 0.717) is 12.4 Å². The van der Waals surface area contributed by atoms with Crippen molar-refractivity contribution in [2.24, 2.45) is 0 Å². The van der Waals surface area contributed by atoms with Gasteiger partial charge in [-0.05, 0) is 40.7 Å². The molecule has 0 saturated carbocycles. The number of benzene rings is 1. The molecule has 0 aromatic heterocycles. The van der Waals surface area contributed by atoms with E-state index in [0.717, 1.165) is 5.46 Å². The van der Waals surface area contributed by atoms with E-state index in [1.165, 1.54) is 0 Å². The predicted molar refractivity (Wildman–Crippen MR) is 75.0 cm³/mol. The van der Waals surface area contributed by atoms with Crippen LogP contribution in [0.5, 0.6) is 11.5 Å². The normalized spacial score (nSPS) is 20.6. The summed E-state index contributed by atoms with van der Waals surface area (Å²) >= 11 is 0. The number of phenols is 1. The number of rotatable bonds is 3. The minimum absolute atomic E-state index is 0.170. The molecule has 0 bridgehead atoms. The summed E-state index contributed by atoms with van der Waals surface area (Å²) in [5.41, 5.74) is 0.0243. The van der Waals surface area contributed by atoms with Gasteiger partial charge < -0.3 is 19.2 Å². The van der Waals surface area contributed by atoms with Crippen LogP contribution in [0.25, 0.3) is 0 Å². The van der Waals surface area contributed by atoms with Gasteiger partial charge >= 0.3 is 7.12 Å². The fraction of sp³-hybridized carbons (Fsp3) is 0.571. The van der Waals surface area contributed by atoms with Crippen molar-refractivity contribution in [3.05, 3.63) is 18.2 Å². The van der Waals surface area contributed by atoms with Gasteiger partial charge in [-0.3, -0.25) is 0 Å². The molecule has 2 rings (SSSR count). The van der Waals surface area contributed by atoms with Crippen LogP contribution in [0.1, 0.15) is 34.6 Å². The molecule has 0 radical (unpaired) electrons. The van der Waals surface area contributed by atoms with Crippen LogP contribution in [0, 0.1) is 0 Å². The average molecular weight is 264 g/mol. The lowest BCUT2D eigenvalue weighted by Crippen LogP contribution is -2.41. The predicted octanol–water partition coefficient (Wildman–Crippen LogP) is 2.09. The van der Waals surface area contributed by atoms with Gasteiger partial charge in [0.1, 0.15) is 11.5 Å². The van der Waals surface area contributed by atoms with Crippen LogP contribution in [-0.2, 0) is 9.31 Å². The Balaban J connectivity index is 2.34. The average Bonchev–Trinajstić information content (AvgIpc) is 2.48. The first-order chi connectivity index (χ1) is 8.77. The maximum absolute atomic E-state index is 9.55. The molecule has 0 spiro atoms. The summed E-state index contributed by atoms with van der Waals surface area (Å²) in [6.07, 6.45) is 0. The Morgan fingerprint density at radius 1 is 1.16 bits per heavy atom. The minimum atomic E-state index is -0.479. The van der Waals surface area contributed by atoms with Crippen molar-refractivity contribution in [1.29, 1.82) is 0 Å². The van der Waals surface area contributed by atoms with Crippen molar-refractivity contribution in [2.45, 2.75) is 45.8 Å². The highest BCUT2D eigenvalue weighted by Crippen LogP contribution is 2.37. The number of ether oxygens (including phenoxy) is 1. The molecule has 0 aliphatic carbocycles. The van der Waals surface area contributed by atoms with Crippen molar-refractivity contribution >= 4 is 12.6 Å². The molecule has 5 heteroatoms. The largest absolute Gasteiger partial charge is 0.508 e. The molecular weight excluding hydrogens is 243 g/mol. The molecule has 1 aliphatic rings. The summed E-state index contributed by atoms with van der Waals surface area (Å²) in [5.74, 6) is 0.768. The third kappa shape index (κ3) is 2.58. The lowest BCUT2D eigenvalue weighted by atomic mass is 9.78. The van der Waals surface area contributed by atoms with Crippen molar-refractivity contribution in [2.75, 3.05) is 6.61 Å². The number of aromatic hydroxyl groups is 1. The number of hydrogen-bond donors (Lipinski definition) is 1. The molecule has 104 valence electrons. The molecule has 0 amide bonds. The van der Waals surface area contributed by atoms with Gasteiger partial charge in [-0.2, -0.15) is 0 Å². The van der Waals surface area contributed by atoms with Crippen LogP contribution in [0.2, 0.25) is 0 Å².